The number of amides is 1. The number of likely N-dealkylation sites (N-methyl/N-ethyl adjacent to an activating group) is 1. The minimum Gasteiger partial charge on any atom is -0.475 e. The van der Waals surface area contributed by atoms with Crippen LogP contribution in [0.15, 0.2) is 77.4 Å². The topological polar surface area (TPSA) is 108 Å². The van der Waals surface area contributed by atoms with Crippen LogP contribution in [0.5, 0.6) is 0 Å². The summed E-state index contributed by atoms with van der Waals surface area (Å²) in [5.41, 5.74) is 5.23. The molecule has 2 aromatic heterocycles. The zero-order valence-electron chi connectivity index (χ0n) is 23.1. The SMILES string of the molecule is Cc1c(CN(C)C(=O)/C=C/c2cnc3c(c2)CN[C@@H](Cc2ccccc2)CN3)oc2ccccc12.O=C(O)C(F)(F)F. The third-order valence-corrected chi connectivity index (χ3v) is 6.77. The average Bonchev–Trinajstić information content (AvgIpc) is 3.14. The molecule has 11 heteroatoms. The Morgan fingerprint density at radius 1 is 1.14 bits per heavy atom. The van der Waals surface area contributed by atoms with Crippen molar-refractivity contribution >= 4 is 34.7 Å². The van der Waals surface area contributed by atoms with Gasteiger partial charge in [0.05, 0.1) is 6.54 Å². The molecular formula is C31H31F3N4O4. The number of aliphatic carboxylic acids is 1. The summed E-state index contributed by atoms with van der Waals surface area (Å²) in [6.45, 7) is 3.99. The maximum atomic E-state index is 12.8. The van der Waals surface area contributed by atoms with Crippen molar-refractivity contribution in [1.82, 2.24) is 15.2 Å². The van der Waals surface area contributed by atoms with Crippen LogP contribution in [0.3, 0.4) is 0 Å². The molecule has 1 aliphatic heterocycles. The molecule has 0 aliphatic carbocycles. The number of para-hydroxylation sites is 1. The lowest BCUT2D eigenvalue weighted by Crippen LogP contribution is -2.34. The van der Waals surface area contributed by atoms with Gasteiger partial charge in [-0.3, -0.25) is 4.79 Å². The van der Waals surface area contributed by atoms with E-state index in [4.69, 9.17) is 14.3 Å². The number of aromatic nitrogens is 1. The Kier molecular flexibility index (Phi) is 9.64. The number of carbonyl (C=O) groups excluding carboxylic acids is 1. The standard InChI is InChI=1S/C29H30N4O2.C2HF3O2/c1-20-25-10-6-7-11-26(25)35-27(20)19-33(2)28(34)13-12-22-14-23-17-30-24(18-32-29(23)31-16-22)15-21-8-4-3-5-9-21;3-2(4,5)1(6)7/h3-14,16,24,30H,15,17-19H2,1-2H3,(H,31,32);(H,6,7)/b13-12+;/t24-;/m0./s1. The Labute approximate surface area is 240 Å². The number of carbonyl (C=O) groups is 2. The van der Waals surface area contributed by atoms with E-state index >= 15 is 0 Å². The van der Waals surface area contributed by atoms with E-state index in [1.165, 1.54) is 5.56 Å². The van der Waals surface area contributed by atoms with Gasteiger partial charge in [-0.1, -0.05) is 48.5 Å². The van der Waals surface area contributed by atoms with Gasteiger partial charge < -0.3 is 25.1 Å². The molecule has 0 bridgehead atoms. The molecule has 3 heterocycles. The molecule has 0 saturated heterocycles. The number of carboxylic acid groups (broad SMARTS) is 1. The first-order valence-electron chi connectivity index (χ1n) is 13.2. The first-order chi connectivity index (χ1) is 20.0. The molecule has 1 atom stereocenters. The fraction of sp³-hybridized carbons (Fsp3) is 0.258. The van der Waals surface area contributed by atoms with Gasteiger partial charge in [-0.05, 0) is 42.7 Å². The summed E-state index contributed by atoms with van der Waals surface area (Å²) >= 11 is 0. The maximum Gasteiger partial charge on any atom is 0.490 e. The summed E-state index contributed by atoms with van der Waals surface area (Å²) in [4.78, 5) is 27.9. The molecule has 2 aromatic carbocycles. The third kappa shape index (κ3) is 7.97. The normalized spacial score (nSPS) is 14.8. The monoisotopic (exact) mass is 580 g/mol. The second-order valence-corrected chi connectivity index (χ2v) is 9.90. The summed E-state index contributed by atoms with van der Waals surface area (Å²) in [6.07, 6.45) is 1.10. The Hall–Kier alpha value is -4.64. The van der Waals surface area contributed by atoms with Crippen molar-refractivity contribution in [3.63, 3.8) is 0 Å². The van der Waals surface area contributed by atoms with Gasteiger partial charge in [-0.2, -0.15) is 13.2 Å². The molecule has 1 amide bonds. The number of nitrogens with zero attached hydrogens (tertiary/aromatic N) is 2. The van der Waals surface area contributed by atoms with Crippen molar-refractivity contribution < 1.29 is 32.3 Å². The zero-order chi connectivity index (χ0) is 30.3. The second-order valence-electron chi connectivity index (χ2n) is 9.90. The third-order valence-electron chi connectivity index (χ3n) is 6.77. The highest BCUT2D eigenvalue weighted by Crippen LogP contribution is 2.26. The van der Waals surface area contributed by atoms with Crippen LogP contribution in [0.1, 0.15) is 28.0 Å². The number of hydrogen-bond donors (Lipinski definition) is 3. The molecule has 0 saturated carbocycles. The van der Waals surface area contributed by atoms with Gasteiger partial charge in [-0.25, -0.2) is 9.78 Å². The van der Waals surface area contributed by atoms with Crippen LogP contribution in [0.4, 0.5) is 19.0 Å². The summed E-state index contributed by atoms with van der Waals surface area (Å²) in [7, 11) is 1.79. The van der Waals surface area contributed by atoms with E-state index < -0.39 is 12.1 Å². The summed E-state index contributed by atoms with van der Waals surface area (Å²) < 4.78 is 37.7. The predicted octanol–water partition coefficient (Wildman–Crippen LogP) is 5.57. The lowest BCUT2D eigenvalue weighted by molar-refractivity contribution is -0.192. The van der Waals surface area contributed by atoms with E-state index in [9.17, 15) is 18.0 Å². The van der Waals surface area contributed by atoms with E-state index in [-0.39, 0.29) is 5.91 Å². The number of pyridine rings is 1. The first kappa shape index (κ1) is 30.3. The van der Waals surface area contributed by atoms with Gasteiger partial charge >= 0.3 is 12.1 Å². The fourth-order valence-electron chi connectivity index (χ4n) is 4.47. The Morgan fingerprint density at radius 2 is 1.83 bits per heavy atom. The molecule has 0 fully saturated rings. The van der Waals surface area contributed by atoms with Crippen LogP contribution in [0.2, 0.25) is 0 Å². The van der Waals surface area contributed by atoms with Gasteiger partial charge in [0.15, 0.2) is 0 Å². The quantitative estimate of drug-likeness (QED) is 0.256. The number of alkyl halides is 3. The van der Waals surface area contributed by atoms with Crippen molar-refractivity contribution in [1.29, 1.82) is 0 Å². The number of carboxylic acids is 1. The molecule has 8 nitrogen and oxygen atoms in total. The highest BCUT2D eigenvalue weighted by Gasteiger charge is 2.38. The molecule has 0 unspecified atom stereocenters. The molecule has 4 aromatic rings. The van der Waals surface area contributed by atoms with Crippen LogP contribution in [-0.2, 0) is 29.1 Å². The number of aryl methyl sites for hydroxylation is 1. The van der Waals surface area contributed by atoms with Crippen LogP contribution >= 0.6 is 0 Å². The Balaban J connectivity index is 0.000000517. The molecular weight excluding hydrogens is 549 g/mol. The highest BCUT2D eigenvalue weighted by molar-refractivity contribution is 5.91. The second kappa shape index (κ2) is 13.3. The molecule has 5 rings (SSSR count). The van der Waals surface area contributed by atoms with Crippen LogP contribution in [0.25, 0.3) is 17.0 Å². The number of fused-ring (bicyclic) bond motifs is 2. The van der Waals surface area contributed by atoms with E-state index in [1.54, 1.807) is 24.2 Å². The largest absolute Gasteiger partial charge is 0.490 e. The van der Waals surface area contributed by atoms with Crippen LogP contribution < -0.4 is 10.6 Å². The number of anilines is 1. The van der Waals surface area contributed by atoms with Crippen LogP contribution in [-0.4, -0.2) is 52.7 Å². The average molecular weight is 581 g/mol. The van der Waals surface area contributed by atoms with Gasteiger partial charge in [-0.15, -0.1) is 0 Å². The van der Waals surface area contributed by atoms with Crippen molar-refractivity contribution in [3.05, 3.63) is 101 Å². The summed E-state index contributed by atoms with van der Waals surface area (Å²) in [5.74, 6) is -1.13. The number of rotatable bonds is 6. The maximum absolute atomic E-state index is 12.8. The number of furan rings is 1. The Morgan fingerprint density at radius 3 is 2.52 bits per heavy atom. The lowest BCUT2D eigenvalue weighted by Gasteiger charge is -2.15. The van der Waals surface area contributed by atoms with E-state index in [1.807, 2.05) is 43.3 Å². The number of halogens is 3. The van der Waals surface area contributed by atoms with Gasteiger partial charge in [0.25, 0.3) is 0 Å². The fourth-order valence-corrected chi connectivity index (χ4v) is 4.47. The molecule has 0 spiro atoms. The van der Waals surface area contributed by atoms with Crippen molar-refractivity contribution in [3.8, 4) is 0 Å². The van der Waals surface area contributed by atoms with Crippen molar-refractivity contribution in [2.75, 3.05) is 18.9 Å². The minimum atomic E-state index is -5.08. The highest BCUT2D eigenvalue weighted by atomic mass is 19.4. The van der Waals surface area contributed by atoms with E-state index in [0.29, 0.717) is 12.6 Å². The van der Waals surface area contributed by atoms with Crippen LogP contribution in [0, 0.1) is 6.92 Å². The molecule has 1 aliphatic rings. The van der Waals surface area contributed by atoms with Gasteiger partial charge in [0, 0.05) is 55.0 Å². The predicted molar refractivity (Wildman–Crippen MR) is 154 cm³/mol. The smallest absolute Gasteiger partial charge is 0.475 e. The molecule has 42 heavy (non-hydrogen) atoms. The number of hydrogen-bond acceptors (Lipinski definition) is 6. The zero-order valence-corrected chi connectivity index (χ0v) is 23.1. The number of benzene rings is 2. The Bertz CT molecular complexity index is 1570. The summed E-state index contributed by atoms with van der Waals surface area (Å²) in [6, 6.07) is 20.9. The molecule has 0 radical (unpaired) electrons. The van der Waals surface area contributed by atoms with Crippen molar-refractivity contribution in [2.45, 2.75) is 38.7 Å². The summed E-state index contributed by atoms with van der Waals surface area (Å²) in [5, 5.41) is 15.3. The minimum absolute atomic E-state index is 0.0843. The molecule has 220 valence electrons. The van der Waals surface area contributed by atoms with E-state index in [2.05, 4.69) is 45.9 Å². The number of nitrogens with one attached hydrogen (secondary N) is 2. The van der Waals surface area contributed by atoms with Gasteiger partial charge in [0.1, 0.15) is 17.2 Å². The van der Waals surface area contributed by atoms with Crippen molar-refractivity contribution in [2.24, 2.45) is 0 Å². The van der Waals surface area contributed by atoms with Gasteiger partial charge in [0.2, 0.25) is 5.91 Å². The lowest BCUT2D eigenvalue weighted by atomic mass is 10.1. The first-order valence-corrected chi connectivity index (χ1v) is 13.2. The van der Waals surface area contributed by atoms with E-state index in [0.717, 1.165) is 58.7 Å². The molecule has 3 N–H and O–H groups in total.